The first-order valence-electron chi connectivity index (χ1n) is 9.42. The fraction of sp³-hybridized carbons (Fsp3) is 1.00. The lowest BCUT2D eigenvalue weighted by atomic mass is 9.94. The lowest BCUT2D eigenvalue weighted by Crippen LogP contribution is -2.37. The average Bonchev–Trinajstić information content (AvgIpc) is 2.43. The van der Waals surface area contributed by atoms with E-state index in [1.807, 2.05) is 0 Å². The molecule has 1 aliphatic carbocycles. The zero-order chi connectivity index (χ0) is 15.7. The minimum Gasteiger partial charge on any atom is -0.314 e. The maximum atomic E-state index is 3.81. The molecule has 0 amide bonds. The Kier molecular flexibility index (Phi) is 9.59. The van der Waals surface area contributed by atoms with Crippen molar-refractivity contribution in [3.63, 3.8) is 0 Å². The highest BCUT2D eigenvalue weighted by Crippen LogP contribution is 2.21. The van der Waals surface area contributed by atoms with Crippen LogP contribution in [0.25, 0.3) is 0 Å². The Hall–Kier alpha value is -0.0800. The van der Waals surface area contributed by atoms with Gasteiger partial charge < -0.3 is 10.2 Å². The van der Waals surface area contributed by atoms with Crippen LogP contribution in [0.2, 0.25) is 0 Å². The molecular weight excluding hydrogens is 256 g/mol. The van der Waals surface area contributed by atoms with Gasteiger partial charge in [0.1, 0.15) is 0 Å². The minimum atomic E-state index is 0.713. The predicted molar refractivity (Wildman–Crippen MR) is 94.8 cm³/mol. The summed E-state index contributed by atoms with van der Waals surface area (Å²) < 4.78 is 0. The van der Waals surface area contributed by atoms with Crippen LogP contribution in [0.1, 0.15) is 79.1 Å². The molecule has 2 nitrogen and oxygen atoms in total. The molecule has 0 aromatic rings. The summed E-state index contributed by atoms with van der Waals surface area (Å²) in [4.78, 5) is 2.61. The first kappa shape index (κ1) is 19.0. The van der Waals surface area contributed by atoms with E-state index in [1.54, 1.807) is 0 Å². The fourth-order valence-corrected chi connectivity index (χ4v) is 3.74. The van der Waals surface area contributed by atoms with Crippen molar-refractivity contribution in [1.29, 1.82) is 0 Å². The molecule has 21 heavy (non-hydrogen) atoms. The van der Waals surface area contributed by atoms with Gasteiger partial charge in [0.15, 0.2) is 0 Å². The van der Waals surface area contributed by atoms with Crippen LogP contribution < -0.4 is 5.32 Å². The summed E-state index contributed by atoms with van der Waals surface area (Å²) in [6.45, 7) is 11.8. The first-order valence-corrected chi connectivity index (χ1v) is 9.42. The van der Waals surface area contributed by atoms with E-state index in [2.05, 4.69) is 45.0 Å². The number of nitrogens with one attached hydrogen (secondary N) is 1. The third-order valence-electron chi connectivity index (χ3n) is 4.83. The van der Waals surface area contributed by atoms with E-state index in [1.165, 1.54) is 64.5 Å². The van der Waals surface area contributed by atoms with Crippen molar-refractivity contribution in [2.75, 3.05) is 20.1 Å². The van der Waals surface area contributed by atoms with Crippen molar-refractivity contribution in [2.45, 2.75) is 91.1 Å². The second-order valence-corrected chi connectivity index (χ2v) is 8.04. The molecule has 1 N–H and O–H groups in total. The molecular formula is C19H40N2. The van der Waals surface area contributed by atoms with E-state index in [0.29, 0.717) is 6.04 Å². The second-order valence-electron chi connectivity index (χ2n) is 8.04. The monoisotopic (exact) mass is 296 g/mol. The highest BCUT2D eigenvalue weighted by atomic mass is 15.1. The Labute approximate surface area is 134 Å². The summed E-state index contributed by atoms with van der Waals surface area (Å²) in [6, 6.07) is 1.57. The van der Waals surface area contributed by atoms with Gasteiger partial charge in [0, 0.05) is 12.1 Å². The topological polar surface area (TPSA) is 15.3 Å². The normalized spacial score (nSPS) is 17.6. The van der Waals surface area contributed by atoms with Gasteiger partial charge in [-0.3, -0.25) is 0 Å². The highest BCUT2D eigenvalue weighted by molar-refractivity contribution is 4.74. The third-order valence-corrected chi connectivity index (χ3v) is 4.83. The molecule has 1 fully saturated rings. The molecule has 0 unspecified atom stereocenters. The molecule has 1 aliphatic rings. The van der Waals surface area contributed by atoms with Crippen LogP contribution in [-0.4, -0.2) is 37.1 Å². The Balaban J connectivity index is 2.17. The van der Waals surface area contributed by atoms with Gasteiger partial charge in [0.2, 0.25) is 0 Å². The SMILES string of the molecule is CC(C)CC(CC(C)C)NCCCN(C)C1CCCCC1. The molecule has 0 saturated heterocycles. The molecule has 0 heterocycles. The quantitative estimate of drug-likeness (QED) is 0.588. The van der Waals surface area contributed by atoms with Gasteiger partial charge in [0.25, 0.3) is 0 Å². The molecule has 0 aromatic heterocycles. The van der Waals surface area contributed by atoms with Gasteiger partial charge in [-0.15, -0.1) is 0 Å². The van der Waals surface area contributed by atoms with Crippen LogP contribution in [0.4, 0.5) is 0 Å². The summed E-state index contributed by atoms with van der Waals surface area (Å²) in [7, 11) is 2.33. The van der Waals surface area contributed by atoms with Crippen LogP contribution >= 0.6 is 0 Å². The van der Waals surface area contributed by atoms with Crippen LogP contribution in [-0.2, 0) is 0 Å². The maximum Gasteiger partial charge on any atom is 0.00922 e. The minimum absolute atomic E-state index is 0.713. The van der Waals surface area contributed by atoms with Crippen LogP contribution in [0.5, 0.6) is 0 Å². The Bertz CT molecular complexity index is 234. The molecule has 0 atom stereocenters. The molecule has 0 radical (unpaired) electrons. The molecule has 0 spiro atoms. The zero-order valence-electron chi connectivity index (χ0n) is 15.3. The summed E-state index contributed by atoms with van der Waals surface area (Å²) in [5.41, 5.74) is 0. The van der Waals surface area contributed by atoms with Gasteiger partial charge in [0.05, 0.1) is 0 Å². The van der Waals surface area contributed by atoms with Gasteiger partial charge >= 0.3 is 0 Å². The number of hydrogen-bond acceptors (Lipinski definition) is 2. The average molecular weight is 297 g/mol. The first-order chi connectivity index (χ1) is 9.99. The molecule has 1 saturated carbocycles. The van der Waals surface area contributed by atoms with E-state index in [4.69, 9.17) is 0 Å². The Morgan fingerprint density at radius 1 is 0.952 bits per heavy atom. The van der Waals surface area contributed by atoms with Gasteiger partial charge in [-0.2, -0.15) is 0 Å². The van der Waals surface area contributed by atoms with E-state index in [0.717, 1.165) is 17.9 Å². The number of nitrogens with zero attached hydrogens (tertiary/aromatic N) is 1. The Morgan fingerprint density at radius 2 is 1.52 bits per heavy atom. The summed E-state index contributed by atoms with van der Waals surface area (Å²) in [6.07, 6.45) is 11.1. The van der Waals surface area contributed by atoms with Crippen molar-refractivity contribution in [1.82, 2.24) is 10.2 Å². The zero-order valence-corrected chi connectivity index (χ0v) is 15.3. The van der Waals surface area contributed by atoms with E-state index < -0.39 is 0 Å². The molecule has 0 bridgehead atoms. The lowest BCUT2D eigenvalue weighted by Gasteiger charge is -2.31. The molecule has 0 aliphatic heterocycles. The lowest BCUT2D eigenvalue weighted by molar-refractivity contribution is 0.188. The van der Waals surface area contributed by atoms with E-state index in [-0.39, 0.29) is 0 Å². The van der Waals surface area contributed by atoms with Crippen LogP contribution in [0, 0.1) is 11.8 Å². The van der Waals surface area contributed by atoms with Crippen molar-refractivity contribution >= 4 is 0 Å². The van der Waals surface area contributed by atoms with Gasteiger partial charge in [-0.05, 0) is 64.1 Å². The second kappa shape index (κ2) is 10.6. The van der Waals surface area contributed by atoms with Gasteiger partial charge in [-0.1, -0.05) is 47.0 Å². The smallest absolute Gasteiger partial charge is 0.00922 e. The molecule has 0 aromatic carbocycles. The molecule has 2 heteroatoms. The van der Waals surface area contributed by atoms with Crippen molar-refractivity contribution < 1.29 is 0 Å². The van der Waals surface area contributed by atoms with Crippen molar-refractivity contribution in [3.05, 3.63) is 0 Å². The third kappa shape index (κ3) is 8.83. The summed E-state index contributed by atoms with van der Waals surface area (Å²) >= 11 is 0. The molecule has 126 valence electrons. The highest BCUT2D eigenvalue weighted by Gasteiger charge is 2.17. The summed E-state index contributed by atoms with van der Waals surface area (Å²) in [5.74, 6) is 1.59. The van der Waals surface area contributed by atoms with Crippen LogP contribution in [0.15, 0.2) is 0 Å². The number of rotatable bonds is 10. The van der Waals surface area contributed by atoms with Crippen LogP contribution in [0.3, 0.4) is 0 Å². The summed E-state index contributed by atoms with van der Waals surface area (Å²) in [5, 5.41) is 3.81. The van der Waals surface area contributed by atoms with E-state index in [9.17, 15) is 0 Å². The predicted octanol–water partition coefficient (Wildman–Crippen LogP) is 4.69. The van der Waals surface area contributed by atoms with Crippen molar-refractivity contribution in [3.8, 4) is 0 Å². The Morgan fingerprint density at radius 3 is 2.05 bits per heavy atom. The standard InChI is InChI=1S/C19H40N2/c1-16(2)14-18(15-17(3)4)20-12-9-13-21(5)19-10-7-6-8-11-19/h16-20H,6-15H2,1-5H3. The van der Waals surface area contributed by atoms with Crippen molar-refractivity contribution in [2.24, 2.45) is 11.8 Å². The fourth-order valence-electron chi connectivity index (χ4n) is 3.74. The number of hydrogen-bond donors (Lipinski definition) is 1. The maximum absolute atomic E-state index is 3.81. The van der Waals surface area contributed by atoms with Gasteiger partial charge in [-0.25, -0.2) is 0 Å². The van der Waals surface area contributed by atoms with E-state index >= 15 is 0 Å². The molecule has 1 rings (SSSR count). The largest absolute Gasteiger partial charge is 0.314 e.